The zero-order valence-electron chi connectivity index (χ0n) is 19.1. The van der Waals surface area contributed by atoms with Crippen LogP contribution in [0.4, 0.5) is 5.82 Å². The highest BCUT2D eigenvalue weighted by Crippen LogP contribution is 2.39. The number of hydrogen-bond acceptors (Lipinski definition) is 6. The van der Waals surface area contributed by atoms with Crippen molar-refractivity contribution >= 4 is 41.0 Å². The molecule has 36 heavy (non-hydrogen) atoms. The lowest BCUT2D eigenvalue weighted by molar-refractivity contribution is -0.123. The van der Waals surface area contributed by atoms with Crippen molar-refractivity contribution in [3.05, 3.63) is 89.2 Å². The Morgan fingerprint density at radius 2 is 1.94 bits per heavy atom. The van der Waals surface area contributed by atoms with E-state index in [1.54, 1.807) is 24.5 Å². The van der Waals surface area contributed by atoms with Gasteiger partial charge in [0.05, 0.1) is 35.3 Å². The summed E-state index contributed by atoms with van der Waals surface area (Å²) in [6, 6.07) is 9.58. The van der Waals surface area contributed by atoms with E-state index in [2.05, 4.69) is 43.0 Å². The summed E-state index contributed by atoms with van der Waals surface area (Å²) < 4.78 is 3.91. The van der Waals surface area contributed by atoms with Gasteiger partial charge in [-0.05, 0) is 42.5 Å². The van der Waals surface area contributed by atoms with Crippen LogP contribution in [0.25, 0.3) is 11.2 Å². The Morgan fingerprint density at radius 1 is 1.11 bits per heavy atom. The molecule has 5 aromatic rings. The molecule has 5 aromatic heterocycles. The van der Waals surface area contributed by atoms with Crippen LogP contribution < -0.4 is 5.32 Å². The average molecular weight is 504 g/mol. The maximum absolute atomic E-state index is 12.6. The largest absolute Gasteiger partial charge is 0.483 e. The fourth-order valence-electron chi connectivity index (χ4n) is 4.04. The zero-order valence-corrected chi connectivity index (χ0v) is 19.8. The Kier molecular flexibility index (Phi) is 6.59. The molecule has 0 spiro atoms. The quantitative estimate of drug-likeness (QED) is 0.337. The minimum atomic E-state index is -0.250. The predicted octanol–water partition coefficient (Wildman–Crippen LogP) is 3.78. The fraction of sp³-hybridized carbons (Fsp3) is 0.200. The van der Waals surface area contributed by atoms with E-state index in [4.69, 9.17) is 26.5 Å². The molecule has 1 amide bonds. The predicted molar refractivity (Wildman–Crippen MR) is 133 cm³/mol. The second kappa shape index (κ2) is 10.1. The van der Waals surface area contributed by atoms with Crippen LogP contribution >= 0.6 is 11.6 Å². The Labute approximate surface area is 210 Å². The number of carbonyl (C=O) groups is 2. The van der Waals surface area contributed by atoms with Crippen LogP contribution in [0.5, 0.6) is 0 Å². The number of halogens is 1. The molecule has 0 radical (unpaired) electrons. The highest BCUT2D eigenvalue weighted by Gasteiger charge is 2.23. The zero-order chi connectivity index (χ0) is 25.1. The number of pyridine rings is 2. The first-order valence-electron chi connectivity index (χ1n) is 11.3. The molecule has 10 nitrogen and oxygen atoms in total. The van der Waals surface area contributed by atoms with Gasteiger partial charge in [-0.25, -0.2) is 19.9 Å². The monoisotopic (exact) mass is 503 g/mol. The van der Waals surface area contributed by atoms with Gasteiger partial charge in [-0.15, -0.1) is 0 Å². The van der Waals surface area contributed by atoms with Crippen LogP contribution in [0.15, 0.2) is 61.6 Å². The minimum Gasteiger partial charge on any atom is -0.483 e. The molecule has 2 N–H and O–H groups in total. The molecule has 1 saturated carbocycles. The van der Waals surface area contributed by atoms with Gasteiger partial charge < -0.3 is 19.2 Å². The van der Waals surface area contributed by atoms with Crippen LogP contribution in [-0.2, 0) is 22.4 Å². The lowest BCUT2D eigenvalue weighted by atomic mass is 10.2. The SMILES string of the molecule is O=C(Cc1ncn2ccc(Cl)cc12)Nc1cc(Cc2cn3cc(C4CC4)ccc3n2)ncn1.O=CO. The van der Waals surface area contributed by atoms with E-state index in [0.29, 0.717) is 28.9 Å². The first-order valence-corrected chi connectivity index (χ1v) is 11.7. The molecule has 11 heteroatoms. The van der Waals surface area contributed by atoms with Crippen LogP contribution in [0.2, 0.25) is 5.02 Å². The molecule has 0 aliphatic heterocycles. The molecular formula is C25H22ClN7O3. The number of carboxylic acid groups (broad SMARTS) is 1. The van der Waals surface area contributed by atoms with E-state index in [1.807, 2.05) is 16.8 Å². The number of nitrogens with zero attached hydrogens (tertiary/aromatic N) is 6. The van der Waals surface area contributed by atoms with Crippen molar-refractivity contribution in [2.75, 3.05) is 5.32 Å². The Morgan fingerprint density at radius 3 is 2.75 bits per heavy atom. The maximum Gasteiger partial charge on any atom is 0.290 e. The first-order chi connectivity index (χ1) is 17.5. The lowest BCUT2D eigenvalue weighted by Gasteiger charge is -2.05. The Balaban J connectivity index is 0.000000848. The molecular weight excluding hydrogens is 482 g/mol. The number of rotatable bonds is 6. The summed E-state index contributed by atoms with van der Waals surface area (Å²) in [6.45, 7) is -0.250. The second-order valence-corrected chi connectivity index (χ2v) is 8.90. The van der Waals surface area contributed by atoms with Crippen molar-refractivity contribution in [3.63, 3.8) is 0 Å². The molecule has 0 unspecified atom stereocenters. The van der Waals surface area contributed by atoms with Gasteiger partial charge in [0.2, 0.25) is 5.91 Å². The van der Waals surface area contributed by atoms with Crippen LogP contribution in [-0.4, -0.2) is 46.2 Å². The molecule has 0 saturated heterocycles. The minimum absolute atomic E-state index is 0.117. The third-order valence-corrected chi connectivity index (χ3v) is 6.07. The number of nitrogens with one attached hydrogen (secondary N) is 1. The van der Waals surface area contributed by atoms with Crippen LogP contribution in [0.3, 0.4) is 0 Å². The molecule has 6 rings (SSSR count). The molecule has 5 heterocycles. The number of aromatic nitrogens is 6. The van der Waals surface area contributed by atoms with E-state index in [1.165, 1.54) is 24.7 Å². The summed E-state index contributed by atoms with van der Waals surface area (Å²) in [4.78, 5) is 38.6. The standard InChI is InChI=1S/C24H20ClN7O.CH2O2/c25-17-5-6-31-14-28-20(21(31)7-17)10-24(33)30-22-9-18(26-13-27-22)8-19-12-32-11-16(15-1-2-15)3-4-23(32)29-19;2-1-3/h3-7,9,11-15H,1-2,8,10H2,(H,26,27,30,33);1H,(H,2,3). The highest BCUT2D eigenvalue weighted by atomic mass is 35.5. The average Bonchev–Trinajstić information content (AvgIpc) is 3.52. The van der Waals surface area contributed by atoms with Crippen molar-refractivity contribution < 1.29 is 14.7 Å². The summed E-state index contributed by atoms with van der Waals surface area (Å²) in [5.74, 6) is 0.942. The summed E-state index contributed by atoms with van der Waals surface area (Å²) in [6.07, 6.45) is 12.4. The van der Waals surface area contributed by atoms with E-state index in [0.717, 1.165) is 22.6 Å². The molecule has 0 bridgehead atoms. The molecule has 0 atom stereocenters. The number of carbonyl (C=O) groups excluding carboxylic acids is 1. The van der Waals surface area contributed by atoms with Gasteiger partial charge in [-0.1, -0.05) is 17.7 Å². The van der Waals surface area contributed by atoms with Gasteiger partial charge in [0.25, 0.3) is 6.47 Å². The van der Waals surface area contributed by atoms with Crippen molar-refractivity contribution in [1.82, 2.24) is 28.7 Å². The summed E-state index contributed by atoms with van der Waals surface area (Å²) in [5, 5.41) is 10.3. The molecule has 1 fully saturated rings. The maximum atomic E-state index is 12.6. The number of imidazole rings is 2. The third kappa shape index (κ3) is 5.33. The van der Waals surface area contributed by atoms with Crippen molar-refractivity contribution in [2.24, 2.45) is 0 Å². The van der Waals surface area contributed by atoms with E-state index < -0.39 is 0 Å². The topological polar surface area (TPSA) is 127 Å². The molecule has 1 aliphatic rings. The van der Waals surface area contributed by atoms with E-state index in [-0.39, 0.29) is 18.8 Å². The van der Waals surface area contributed by atoms with Gasteiger partial charge in [-0.2, -0.15) is 0 Å². The summed E-state index contributed by atoms with van der Waals surface area (Å²) >= 11 is 6.08. The highest BCUT2D eigenvalue weighted by molar-refractivity contribution is 6.30. The number of anilines is 1. The van der Waals surface area contributed by atoms with E-state index >= 15 is 0 Å². The van der Waals surface area contributed by atoms with Gasteiger partial charge >= 0.3 is 0 Å². The van der Waals surface area contributed by atoms with Crippen LogP contribution in [0.1, 0.15) is 41.4 Å². The number of fused-ring (bicyclic) bond motifs is 2. The molecule has 0 aromatic carbocycles. The van der Waals surface area contributed by atoms with Gasteiger partial charge in [0.1, 0.15) is 17.8 Å². The van der Waals surface area contributed by atoms with E-state index in [9.17, 15) is 4.79 Å². The number of amides is 1. The van der Waals surface area contributed by atoms with Crippen molar-refractivity contribution in [2.45, 2.75) is 31.6 Å². The molecule has 1 aliphatic carbocycles. The van der Waals surface area contributed by atoms with Crippen LogP contribution in [0, 0.1) is 0 Å². The van der Waals surface area contributed by atoms with Gasteiger partial charge in [-0.3, -0.25) is 9.59 Å². The third-order valence-electron chi connectivity index (χ3n) is 5.83. The van der Waals surface area contributed by atoms with Gasteiger partial charge in [0.15, 0.2) is 0 Å². The van der Waals surface area contributed by atoms with Crippen molar-refractivity contribution in [3.8, 4) is 0 Å². The smallest absolute Gasteiger partial charge is 0.290 e. The summed E-state index contributed by atoms with van der Waals surface area (Å²) in [5.41, 5.74) is 5.44. The normalized spacial score (nSPS) is 12.8. The summed E-state index contributed by atoms with van der Waals surface area (Å²) in [7, 11) is 0. The number of hydrogen-bond donors (Lipinski definition) is 2. The first kappa shape index (κ1) is 23.4. The van der Waals surface area contributed by atoms with Crippen molar-refractivity contribution in [1.29, 1.82) is 0 Å². The van der Waals surface area contributed by atoms with Gasteiger partial charge in [0, 0.05) is 36.1 Å². The second-order valence-electron chi connectivity index (χ2n) is 8.46. The molecule has 182 valence electrons. The fourth-order valence-corrected chi connectivity index (χ4v) is 4.20. The lowest BCUT2D eigenvalue weighted by Crippen LogP contribution is -2.16. The Hall–Kier alpha value is -4.31. The Bertz CT molecular complexity index is 1560.